The van der Waals surface area contributed by atoms with Gasteiger partial charge in [-0.05, 0) is 37.5 Å². The van der Waals surface area contributed by atoms with Crippen molar-refractivity contribution in [2.24, 2.45) is 0 Å². The van der Waals surface area contributed by atoms with Crippen LogP contribution in [0.4, 0.5) is 0 Å². The number of para-hydroxylation sites is 1. The van der Waals surface area contributed by atoms with Crippen molar-refractivity contribution in [2.75, 3.05) is 13.7 Å². The SMILES string of the molecule is COCC1(NC(=O)c2ccc(=O)n(-c3ccccc3)n2)CCC1. The van der Waals surface area contributed by atoms with Crippen LogP contribution in [-0.2, 0) is 4.74 Å². The second kappa shape index (κ2) is 6.34. The molecule has 2 aromatic rings. The van der Waals surface area contributed by atoms with Gasteiger partial charge in [0.05, 0.1) is 17.8 Å². The highest BCUT2D eigenvalue weighted by atomic mass is 16.5. The summed E-state index contributed by atoms with van der Waals surface area (Å²) in [6.07, 6.45) is 2.86. The quantitative estimate of drug-likeness (QED) is 0.908. The molecule has 120 valence electrons. The Morgan fingerprint density at radius 2 is 2.00 bits per heavy atom. The number of hydrogen-bond acceptors (Lipinski definition) is 4. The van der Waals surface area contributed by atoms with E-state index in [1.54, 1.807) is 19.2 Å². The highest BCUT2D eigenvalue weighted by molar-refractivity contribution is 5.92. The first-order chi connectivity index (χ1) is 11.1. The minimum absolute atomic E-state index is 0.218. The second-order valence-electron chi connectivity index (χ2n) is 5.83. The first kappa shape index (κ1) is 15.4. The van der Waals surface area contributed by atoms with Gasteiger partial charge in [0.1, 0.15) is 5.69 Å². The van der Waals surface area contributed by atoms with Crippen LogP contribution in [0.1, 0.15) is 29.8 Å². The van der Waals surface area contributed by atoms with Crippen LogP contribution < -0.4 is 10.9 Å². The van der Waals surface area contributed by atoms with E-state index in [2.05, 4.69) is 10.4 Å². The summed E-state index contributed by atoms with van der Waals surface area (Å²) in [6.45, 7) is 0.483. The van der Waals surface area contributed by atoms with Gasteiger partial charge in [0, 0.05) is 13.2 Å². The predicted molar refractivity (Wildman–Crippen MR) is 85.8 cm³/mol. The molecule has 3 rings (SSSR count). The van der Waals surface area contributed by atoms with E-state index in [9.17, 15) is 9.59 Å². The normalized spacial score (nSPS) is 15.7. The van der Waals surface area contributed by atoms with E-state index in [4.69, 9.17) is 4.74 Å². The molecule has 23 heavy (non-hydrogen) atoms. The number of methoxy groups -OCH3 is 1. The van der Waals surface area contributed by atoms with E-state index in [0.29, 0.717) is 12.3 Å². The average molecular weight is 313 g/mol. The van der Waals surface area contributed by atoms with Gasteiger partial charge in [0.2, 0.25) is 0 Å². The summed E-state index contributed by atoms with van der Waals surface area (Å²) in [5, 5.41) is 7.20. The van der Waals surface area contributed by atoms with E-state index in [1.807, 2.05) is 18.2 Å². The molecule has 0 aliphatic heterocycles. The second-order valence-corrected chi connectivity index (χ2v) is 5.83. The number of amides is 1. The van der Waals surface area contributed by atoms with E-state index >= 15 is 0 Å². The number of benzene rings is 1. The van der Waals surface area contributed by atoms with Crippen molar-refractivity contribution in [1.82, 2.24) is 15.1 Å². The first-order valence-electron chi connectivity index (χ1n) is 7.61. The van der Waals surface area contributed by atoms with Crippen LogP contribution in [0.15, 0.2) is 47.3 Å². The number of hydrogen-bond donors (Lipinski definition) is 1. The topological polar surface area (TPSA) is 73.2 Å². The van der Waals surface area contributed by atoms with Crippen LogP contribution >= 0.6 is 0 Å². The molecule has 1 aromatic carbocycles. The maximum absolute atomic E-state index is 12.5. The molecule has 0 unspecified atom stereocenters. The monoisotopic (exact) mass is 313 g/mol. The van der Waals surface area contributed by atoms with Gasteiger partial charge in [-0.2, -0.15) is 9.78 Å². The van der Waals surface area contributed by atoms with Crippen LogP contribution in [-0.4, -0.2) is 34.9 Å². The van der Waals surface area contributed by atoms with Crippen molar-refractivity contribution in [2.45, 2.75) is 24.8 Å². The average Bonchev–Trinajstić information content (AvgIpc) is 2.54. The zero-order valence-corrected chi connectivity index (χ0v) is 13.0. The standard InChI is InChI=1S/C17H19N3O3/c1-23-12-17(10-5-11-17)18-16(22)14-8-9-15(21)20(19-14)13-6-3-2-4-7-13/h2-4,6-9H,5,10-12H2,1H3,(H,18,22). The van der Waals surface area contributed by atoms with Crippen LogP contribution in [0.2, 0.25) is 0 Å². The lowest BCUT2D eigenvalue weighted by Crippen LogP contribution is -2.56. The molecule has 0 spiro atoms. The number of nitrogens with zero attached hydrogens (tertiary/aromatic N) is 2. The maximum atomic E-state index is 12.5. The Morgan fingerprint density at radius 3 is 2.61 bits per heavy atom. The lowest BCUT2D eigenvalue weighted by atomic mass is 9.77. The molecule has 1 heterocycles. The zero-order chi connectivity index (χ0) is 16.3. The van der Waals surface area contributed by atoms with Gasteiger partial charge >= 0.3 is 0 Å². The van der Waals surface area contributed by atoms with Gasteiger partial charge in [0.25, 0.3) is 11.5 Å². The van der Waals surface area contributed by atoms with Crippen molar-refractivity contribution < 1.29 is 9.53 Å². The molecule has 6 heteroatoms. The molecule has 0 radical (unpaired) electrons. The Hall–Kier alpha value is -2.47. The lowest BCUT2D eigenvalue weighted by Gasteiger charge is -2.41. The fourth-order valence-corrected chi connectivity index (χ4v) is 2.78. The van der Waals surface area contributed by atoms with Gasteiger partial charge in [-0.1, -0.05) is 18.2 Å². The third kappa shape index (κ3) is 3.17. The fraction of sp³-hybridized carbons (Fsp3) is 0.353. The Balaban J connectivity index is 1.86. The van der Waals surface area contributed by atoms with E-state index < -0.39 is 0 Å². The van der Waals surface area contributed by atoms with Gasteiger partial charge in [-0.25, -0.2) is 0 Å². The summed E-state index contributed by atoms with van der Waals surface area (Å²) < 4.78 is 6.44. The Bertz CT molecular complexity index is 751. The summed E-state index contributed by atoms with van der Waals surface area (Å²) in [6, 6.07) is 11.9. The Morgan fingerprint density at radius 1 is 1.26 bits per heavy atom. The fourth-order valence-electron chi connectivity index (χ4n) is 2.78. The number of nitrogens with one attached hydrogen (secondary N) is 1. The maximum Gasteiger partial charge on any atom is 0.272 e. The molecule has 6 nitrogen and oxygen atoms in total. The van der Waals surface area contributed by atoms with Crippen molar-refractivity contribution in [3.63, 3.8) is 0 Å². The van der Waals surface area contributed by atoms with Crippen LogP contribution in [0.3, 0.4) is 0 Å². The third-order valence-electron chi connectivity index (χ3n) is 4.14. The molecule has 0 atom stereocenters. The number of rotatable bonds is 5. The molecule has 0 bridgehead atoms. The van der Waals surface area contributed by atoms with Crippen LogP contribution in [0.25, 0.3) is 5.69 Å². The van der Waals surface area contributed by atoms with Gasteiger partial charge in [-0.3, -0.25) is 9.59 Å². The zero-order valence-electron chi connectivity index (χ0n) is 13.0. The molecule has 1 aliphatic rings. The Kier molecular flexibility index (Phi) is 4.25. The van der Waals surface area contributed by atoms with E-state index in [0.717, 1.165) is 19.3 Å². The summed E-state index contributed by atoms with van der Waals surface area (Å²) in [4.78, 5) is 24.5. The third-order valence-corrected chi connectivity index (χ3v) is 4.14. The molecule has 1 N–H and O–H groups in total. The molecule has 1 amide bonds. The largest absolute Gasteiger partial charge is 0.382 e. The minimum Gasteiger partial charge on any atom is -0.382 e. The van der Waals surface area contributed by atoms with Crippen LogP contribution in [0.5, 0.6) is 0 Å². The van der Waals surface area contributed by atoms with Crippen molar-refractivity contribution in [3.8, 4) is 5.69 Å². The van der Waals surface area contributed by atoms with Gasteiger partial charge < -0.3 is 10.1 Å². The van der Waals surface area contributed by atoms with Crippen LogP contribution in [0, 0.1) is 0 Å². The summed E-state index contributed by atoms with van der Waals surface area (Å²) in [5.41, 5.74) is 0.266. The smallest absolute Gasteiger partial charge is 0.272 e. The molecule has 1 aliphatic carbocycles. The number of carbonyl (C=O) groups is 1. The molecular formula is C17H19N3O3. The van der Waals surface area contributed by atoms with Gasteiger partial charge in [0.15, 0.2) is 0 Å². The van der Waals surface area contributed by atoms with E-state index in [1.165, 1.54) is 16.8 Å². The van der Waals surface area contributed by atoms with Crippen molar-refractivity contribution in [3.05, 3.63) is 58.5 Å². The first-order valence-corrected chi connectivity index (χ1v) is 7.61. The highest BCUT2D eigenvalue weighted by Gasteiger charge is 2.38. The number of carbonyl (C=O) groups excluding carboxylic acids is 1. The summed E-state index contributed by atoms with van der Waals surface area (Å²) in [7, 11) is 1.63. The predicted octanol–water partition coefficient (Wildman–Crippen LogP) is 1.53. The number of aromatic nitrogens is 2. The lowest BCUT2D eigenvalue weighted by molar-refractivity contribution is 0.0473. The summed E-state index contributed by atoms with van der Waals surface area (Å²) >= 11 is 0. The Labute approximate surface area is 134 Å². The molecule has 0 saturated heterocycles. The summed E-state index contributed by atoms with van der Waals surface area (Å²) in [5.74, 6) is -0.286. The number of ether oxygens (including phenoxy) is 1. The highest BCUT2D eigenvalue weighted by Crippen LogP contribution is 2.32. The van der Waals surface area contributed by atoms with Crippen molar-refractivity contribution in [1.29, 1.82) is 0 Å². The molecular weight excluding hydrogens is 294 g/mol. The van der Waals surface area contributed by atoms with Gasteiger partial charge in [-0.15, -0.1) is 0 Å². The molecule has 1 saturated carbocycles. The van der Waals surface area contributed by atoms with Crippen molar-refractivity contribution >= 4 is 5.91 Å². The minimum atomic E-state index is -0.304. The molecule has 1 fully saturated rings. The molecule has 1 aromatic heterocycles. The van der Waals surface area contributed by atoms with E-state index in [-0.39, 0.29) is 22.7 Å².